The van der Waals surface area contributed by atoms with Crippen LogP contribution in [0, 0.1) is 11.8 Å². The normalized spacial score (nSPS) is 19.1. The number of nitrogens with one attached hydrogen (secondary N) is 1. The van der Waals surface area contributed by atoms with Gasteiger partial charge in [0.05, 0.1) is 18.8 Å². The van der Waals surface area contributed by atoms with Crippen molar-refractivity contribution in [3.05, 3.63) is 0 Å². The van der Waals surface area contributed by atoms with Crippen molar-refractivity contribution in [1.29, 1.82) is 0 Å². The lowest BCUT2D eigenvalue weighted by Crippen LogP contribution is -2.58. The van der Waals surface area contributed by atoms with E-state index < -0.39 is 0 Å². The van der Waals surface area contributed by atoms with Crippen LogP contribution in [0.2, 0.25) is 0 Å². The fraction of sp³-hybridized carbons (Fsp3) is 1.00. The number of likely N-dealkylation sites (N-methyl/N-ethyl adjacent to an activating group) is 1. The van der Waals surface area contributed by atoms with E-state index in [1.54, 1.807) is 7.11 Å². The van der Waals surface area contributed by atoms with Crippen LogP contribution in [0.25, 0.3) is 0 Å². The first kappa shape index (κ1) is 16.9. The second-order valence-corrected chi connectivity index (χ2v) is 6.24. The SMILES string of the molecule is CCNC(CO)(CN(CCOC)CC(C)C)C1CC1. The Bertz CT molecular complexity index is 244. The van der Waals surface area contributed by atoms with Crippen LogP contribution in [0.4, 0.5) is 0 Å². The summed E-state index contributed by atoms with van der Waals surface area (Å²) in [4.78, 5) is 2.44. The molecule has 0 saturated heterocycles. The molecule has 4 nitrogen and oxygen atoms in total. The van der Waals surface area contributed by atoms with Crippen molar-refractivity contribution >= 4 is 0 Å². The van der Waals surface area contributed by atoms with Crippen molar-refractivity contribution in [3.63, 3.8) is 0 Å². The number of nitrogens with zero attached hydrogens (tertiary/aromatic N) is 1. The van der Waals surface area contributed by atoms with Crippen molar-refractivity contribution in [1.82, 2.24) is 10.2 Å². The third-order valence-corrected chi connectivity index (χ3v) is 3.91. The molecule has 1 aliphatic carbocycles. The van der Waals surface area contributed by atoms with Gasteiger partial charge in [0.15, 0.2) is 0 Å². The Morgan fingerprint density at radius 2 is 2.11 bits per heavy atom. The molecule has 1 aliphatic rings. The minimum Gasteiger partial charge on any atom is -0.394 e. The molecule has 0 aromatic rings. The zero-order chi connectivity index (χ0) is 14.3. The highest BCUT2D eigenvalue weighted by Crippen LogP contribution is 2.40. The van der Waals surface area contributed by atoms with Crippen molar-refractivity contribution in [2.45, 2.75) is 39.2 Å². The van der Waals surface area contributed by atoms with Crippen LogP contribution in [-0.4, -0.2) is 62.0 Å². The first-order chi connectivity index (χ1) is 9.07. The molecule has 1 atom stereocenters. The molecule has 1 rings (SSSR count). The first-order valence-corrected chi connectivity index (χ1v) is 7.65. The van der Waals surface area contributed by atoms with Gasteiger partial charge in [-0.3, -0.25) is 4.90 Å². The number of ether oxygens (including phenoxy) is 1. The van der Waals surface area contributed by atoms with Crippen LogP contribution in [0.15, 0.2) is 0 Å². The van der Waals surface area contributed by atoms with Crippen molar-refractivity contribution in [3.8, 4) is 0 Å². The highest BCUT2D eigenvalue weighted by atomic mass is 16.5. The lowest BCUT2D eigenvalue weighted by molar-refractivity contribution is 0.0693. The van der Waals surface area contributed by atoms with Crippen LogP contribution >= 0.6 is 0 Å². The summed E-state index contributed by atoms with van der Waals surface area (Å²) >= 11 is 0. The molecule has 2 N–H and O–H groups in total. The average molecular weight is 272 g/mol. The van der Waals surface area contributed by atoms with E-state index in [2.05, 4.69) is 31.0 Å². The van der Waals surface area contributed by atoms with E-state index in [1.807, 2.05) is 0 Å². The summed E-state index contributed by atoms with van der Waals surface area (Å²) in [6.45, 7) is 11.4. The number of rotatable bonds is 11. The number of methoxy groups -OCH3 is 1. The van der Waals surface area contributed by atoms with E-state index in [-0.39, 0.29) is 12.1 Å². The van der Waals surface area contributed by atoms with Crippen molar-refractivity contribution in [2.75, 3.05) is 46.5 Å². The number of aliphatic hydroxyl groups is 1. The van der Waals surface area contributed by atoms with Gasteiger partial charge in [0.1, 0.15) is 0 Å². The molecule has 0 heterocycles. The third-order valence-electron chi connectivity index (χ3n) is 3.91. The first-order valence-electron chi connectivity index (χ1n) is 7.65. The molecule has 0 aliphatic heterocycles. The lowest BCUT2D eigenvalue weighted by atomic mass is 9.92. The summed E-state index contributed by atoms with van der Waals surface area (Å²) in [5.74, 6) is 1.27. The predicted molar refractivity (Wildman–Crippen MR) is 79.4 cm³/mol. The predicted octanol–water partition coefficient (Wildman–Crippen LogP) is 1.34. The van der Waals surface area contributed by atoms with Gasteiger partial charge in [-0.2, -0.15) is 0 Å². The Kier molecular flexibility index (Phi) is 7.29. The summed E-state index contributed by atoms with van der Waals surface area (Å²) in [7, 11) is 1.75. The molecule has 0 aromatic carbocycles. The van der Waals surface area contributed by atoms with Crippen LogP contribution in [0.5, 0.6) is 0 Å². The zero-order valence-corrected chi connectivity index (χ0v) is 13.1. The van der Waals surface area contributed by atoms with Crippen LogP contribution in [0.3, 0.4) is 0 Å². The number of hydrogen-bond donors (Lipinski definition) is 2. The van der Waals surface area contributed by atoms with Gasteiger partial charge >= 0.3 is 0 Å². The van der Waals surface area contributed by atoms with Crippen molar-refractivity contribution in [2.24, 2.45) is 11.8 Å². The molecule has 19 heavy (non-hydrogen) atoms. The maximum absolute atomic E-state index is 9.91. The fourth-order valence-electron chi connectivity index (χ4n) is 2.92. The summed E-state index contributed by atoms with van der Waals surface area (Å²) in [6.07, 6.45) is 2.49. The fourth-order valence-corrected chi connectivity index (χ4v) is 2.92. The smallest absolute Gasteiger partial charge is 0.0628 e. The van der Waals surface area contributed by atoms with Crippen LogP contribution in [0.1, 0.15) is 33.6 Å². The van der Waals surface area contributed by atoms with Gasteiger partial charge < -0.3 is 15.2 Å². The highest BCUT2D eigenvalue weighted by molar-refractivity contribution is 5.02. The largest absolute Gasteiger partial charge is 0.394 e. The number of hydrogen-bond acceptors (Lipinski definition) is 4. The van der Waals surface area contributed by atoms with Gasteiger partial charge in [0.25, 0.3) is 0 Å². The Morgan fingerprint density at radius 1 is 1.42 bits per heavy atom. The molecule has 1 fully saturated rings. The minimum atomic E-state index is -0.114. The van der Waals surface area contributed by atoms with E-state index in [4.69, 9.17) is 4.74 Å². The molecule has 114 valence electrons. The van der Waals surface area contributed by atoms with Gasteiger partial charge in [-0.05, 0) is 31.2 Å². The zero-order valence-electron chi connectivity index (χ0n) is 13.1. The molecule has 1 saturated carbocycles. The molecule has 0 amide bonds. The second kappa shape index (κ2) is 8.20. The summed E-state index contributed by atoms with van der Waals surface area (Å²) in [5.41, 5.74) is -0.114. The van der Waals surface area contributed by atoms with Gasteiger partial charge in [0, 0.05) is 26.7 Å². The average Bonchev–Trinajstić information content (AvgIpc) is 3.19. The van der Waals surface area contributed by atoms with Gasteiger partial charge in [0.2, 0.25) is 0 Å². The molecular formula is C15H32N2O2. The Morgan fingerprint density at radius 3 is 2.53 bits per heavy atom. The van der Waals surface area contributed by atoms with E-state index in [1.165, 1.54) is 12.8 Å². The molecular weight excluding hydrogens is 240 g/mol. The van der Waals surface area contributed by atoms with Crippen LogP contribution in [-0.2, 0) is 4.74 Å². The highest BCUT2D eigenvalue weighted by Gasteiger charge is 2.45. The summed E-state index contributed by atoms with van der Waals surface area (Å²) < 4.78 is 5.21. The maximum Gasteiger partial charge on any atom is 0.0628 e. The molecule has 0 aromatic heterocycles. The van der Waals surface area contributed by atoms with E-state index in [0.29, 0.717) is 11.8 Å². The summed E-state index contributed by atoms with van der Waals surface area (Å²) in [5, 5.41) is 13.5. The second-order valence-electron chi connectivity index (χ2n) is 6.24. The Hall–Kier alpha value is -0.160. The topological polar surface area (TPSA) is 44.7 Å². The standard InChI is InChI=1S/C15H32N2O2/c1-5-16-15(12-18,14-6-7-14)11-17(8-9-19-4)10-13(2)3/h13-14,16,18H,5-12H2,1-4H3. The van der Waals surface area contributed by atoms with Crippen LogP contribution < -0.4 is 5.32 Å². The minimum absolute atomic E-state index is 0.114. The van der Waals surface area contributed by atoms with Crippen molar-refractivity contribution < 1.29 is 9.84 Å². The van der Waals surface area contributed by atoms with Gasteiger partial charge in [-0.1, -0.05) is 20.8 Å². The van der Waals surface area contributed by atoms with E-state index in [9.17, 15) is 5.11 Å². The molecule has 0 radical (unpaired) electrons. The molecule has 4 heteroatoms. The maximum atomic E-state index is 9.91. The monoisotopic (exact) mass is 272 g/mol. The van der Waals surface area contributed by atoms with E-state index in [0.717, 1.165) is 32.8 Å². The number of aliphatic hydroxyl groups excluding tert-OH is 1. The Labute approximate surface area is 118 Å². The van der Waals surface area contributed by atoms with Gasteiger partial charge in [-0.15, -0.1) is 0 Å². The molecule has 0 spiro atoms. The molecule has 1 unspecified atom stereocenters. The molecule has 0 bridgehead atoms. The quantitative estimate of drug-likeness (QED) is 0.596. The van der Waals surface area contributed by atoms with Gasteiger partial charge in [-0.25, -0.2) is 0 Å². The van der Waals surface area contributed by atoms with E-state index >= 15 is 0 Å². The Balaban J connectivity index is 2.64. The lowest BCUT2D eigenvalue weighted by Gasteiger charge is -2.39. The summed E-state index contributed by atoms with van der Waals surface area (Å²) in [6, 6.07) is 0. The third kappa shape index (κ3) is 5.38.